The van der Waals surface area contributed by atoms with Gasteiger partial charge >= 0.3 is 6.03 Å². The summed E-state index contributed by atoms with van der Waals surface area (Å²) in [6, 6.07) is 4.64. The van der Waals surface area contributed by atoms with Crippen LogP contribution in [0, 0.1) is 5.92 Å². The summed E-state index contributed by atoms with van der Waals surface area (Å²) in [5.41, 5.74) is -0.765. The molecule has 24 heavy (non-hydrogen) atoms. The van der Waals surface area contributed by atoms with Crippen molar-refractivity contribution in [2.24, 2.45) is 5.92 Å². The van der Waals surface area contributed by atoms with Gasteiger partial charge in [-0.25, -0.2) is 4.79 Å². The van der Waals surface area contributed by atoms with Gasteiger partial charge in [0.05, 0.1) is 5.69 Å². The molecular weight excluding hydrogens is 308 g/mol. The number of likely N-dealkylation sites (tertiary alicyclic amines) is 1. The summed E-state index contributed by atoms with van der Waals surface area (Å²) in [4.78, 5) is 44.4. The van der Waals surface area contributed by atoms with Crippen LogP contribution in [0.1, 0.15) is 32.4 Å². The summed E-state index contributed by atoms with van der Waals surface area (Å²) in [5.74, 6) is -0.176. The number of rotatable bonds is 3. The highest BCUT2D eigenvalue weighted by Crippen LogP contribution is 2.27. The molecule has 1 aromatic rings. The Morgan fingerprint density at radius 1 is 1.42 bits per heavy atom. The van der Waals surface area contributed by atoms with Crippen molar-refractivity contribution in [1.82, 2.24) is 20.1 Å². The third-order valence-electron chi connectivity index (χ3n) is 4.76. The van der Waals surface area contributed by atoms with Crippen molar-refractivity contribution in [3.05, 3.63) is 30.1 Å². The molecule has 1 N–H and O–H groups in total. The second-order valence-corrected chi connectivity index (χ2v) is 6.75. The smallest absolute Gasteiger partial charge is 0.325 e. The minimum Gasteiger partial charge on any atom is -0.341 e. The lowest BCUT2D eigenvalue weighted by Gasteiger charge is -2.31. The first kappa shape index (κ1) is 16.4. The predicted octanol–water partition coefficient (Wildman–Crippen LogP) is 1.11. The third kappa shape index (κ3) is 2.86. The Bertz CT molecular complexity index is 663. The minimum atomic E-state index is -1.23. The van der Waals surface area contributed by atoms with Gasteiger partial charge in [-0.3, -0.25) is 19.5 Å². The molecule has 0 spiro atoms. The van der Waals surface area contributed by atoms with Crippen LogP contribution in [0.3, 0.4) is 0 Å². The number of nitrogens with zero attached hydrogens (tertiary/aromatic N) is 3. The van der Waals surface area contributed by atoms with E-state index in [0.717, 1.165) is 17.7 Å². The van der Waals surface area contributed by atoms with Gasteiger partial charge in [-0.2, -0.15) is 0 Å². The van der Waals surface area contributed by atoms with E-state index in [1.807, 2.05) is 0 Å². The summed E-state index contributed by atoms with van der Waals surface area (Å²) in [6.07, 6.45) is 3.63. The number of hydrogen-bond acceptors (Lipinski definition) is 4. The molecule has 0 radical (unpaired) electrons. The maximum Gasteiger partial charge on any atom is 0.325 e. The fourth-order valence-corrected chi connectivity index (χ4v) is 3.32. The molecule has 0 unspecified atom stereocenters. The van der Waals surface area contributed by atoms with Crippen molar-refractivity contribution in [2.75, 3.05) is 19.6 Å². The van der Waals surface area contributed by atoms with Crippen molar-refractivity contribution in [3.8, 4) is 0 Å². The molecule has 0 aromatic carbocycles. The van der Waals surface area contributed by atoms with E-state index in [-0.39, 0.29) is 12.5 Å². The van der Waals surface area contributed by atoms with Crippen LogP contribution in [0.15, 0.2) is 24.4 Å². The Morgan fingerprint density at radius 3 is 2.88 bits per heavy atom. The zero-order chi connectivity index (χ0) is 17.3. The molecule has 2 aliphatic heterocycles. The first-order valence-corrected chi connectivity index (χ1v) is 8.25. The van der Waals surface area contributed by atoms with Crippen molar-refractivity contribution in [2.45, 2.75) is 32.2 Å². The highest BCUT2D eigenvalue weighted by atomic mass is 16.2. The molecule has 3 heterocycles. The van der Waals surface area contributed by atoms with Crippen LogP contribution in [0.2, 0.25) is 0 Å². The summed E-state index contributed by atoms with van der Waals surface area (Å²) in [7, 11) is 0. The van der Waals surface area contributed by atoms with Crippen molar-refractivity contribution in [1.29, 1.82) is 0 Å². The van der Waals surface area contributed by atoms with E-state index in [1.165, 1.54) is 0 Å². The number of nitrogens with one attached hydrogen (secondary N) is 1. The second kappa shape index (κ2) is 6.22. The molecule has 0 saturated carbocycles. The van der Waals surface area contributed by atoms with Crippen LogP contribution in [0.25, 0.3) is 0 Å². The molecule has 2 aliphatic rings. The van der Waals surface area contributed by atoms with Gasteiger partial charge in [0.15, 0.2) is 5.54 Å². The largest absolute Gasteiger partial charge is 0.341 e. The SMILES string of the molecule is C[C@H]1CCCN(C(=O)CN2C(=O)N[C@@](C)(c3ccccn3)C2=O)C1. The maximum absolute atomic E-state index is 12.8. The number of amides is 4. The first-order chi connectivity index (χ1) is 11.4. The Kier molecular flexibility index (Phi) is 4.26. The average molecular weight is 330 g/mol. The van der Waals surface area contributed by atoms with Gasteiger partial charge in [0.1, 0.15) is 6.54 Å². The third-order valence-corrected chi connectivity index (χ3v) is 4.76. The van der Waals surface area contributed by atoms with E-state index in [9.17, 15) is 14.4 Å². The van der Waals surface area contributed by atoms with Crippen molar-refractivity contribution in [3.63, 3.8) is 0 Å². The molecule has 2 saturated heterocycles. The molecular formula is C17H22N4O3. The van der Waals surface area contributed by atoms with Gasteiger partial charge < -0.3 is 10.2 Å². The Morgan fingerprint density at radius 2 is 2.21 bits per heavy atom. The van der Waals surface area contributed by atoms with Crippen molar-refractivity contribution < 1.29 is 14.4 Å². The Balaban J connectivity index is 1.74. The number of pyridine rings is 1. The first-order valence-electron chi connectivity index (χ1n) is 8.25. The number of aromatic nitrogens is 1. The highest BCUT2D eigenvalue weighted by molar-refractivity contribution is 6.08. The zero-order valence-electron chi connectivity index (χ0n) is 14.0. The second-order valence-electron chi connectivity index (χ2n) is 6.75. The number of carbonyl (C=O) groups is 3. The summed E-state index contributed by atoms with van der Waals surface area (Å²) in [5, 5.41) is 2.67. The molecule has 7 heteroatoms. The fraction of sp³-hybridized carbons (Fsp3) is 0.529. The van der Waals surface area contributed by atoms with E-state index < -0.39 is 17.5 Å². The Labute approximate surface area is 141 Å². The van der Waals surface area contributed by atoms with Crippen LogP contribution in [0.5, 0.6) is 0 Å². The zero-order valence-corrected chi connectivity index (χ0v) is 14.0. The van der Waals surface area contributed by atoms with E-state index in [2.05, 4.69) is 17.2 Å². The van der Waals surface area contributed by atoms with E-state index in [1.54, 1.807) is 36.2 Å². The van der Waals surface area contributed by atoms with Crippen molar-refractivity contribution >= 4 is 17.8 Å². The molecule has 2 atom stereocenters. The van der Waals surface area contributed by atoms with Crippen LogP contribution >= 0.6 is 0 Å². The van der Waals surface area contributed by atoms with Gasteiger partial charge in [-0.05, 0) is 37.8 Å². The molecule has 1 aromatic heterocycles. The van der Waals surface area contributed by atoms with Gasteiger partial charge in [-0.1, -0.05) is 13.0 Å². The number of hydrogen-bond donors (Lipinski definition) is 1. The summed E-state index contributed by atoms with van der Waals surface area (Å²) < 4.78 is 0. The lowest BCUT2D eigenvalue weighted by atomic mass is 9.97. The molecule has 4 amide bonds. The monoisotopic (exact) mass is 330 g/mol. The predicted molar refractivity (Wildman–Crippen MR) is 86.8 cm³/mol. The van der Waals surface area contributed by atoms with Gasteiger partial charge in [-0.15, -0.1) is 0 Å². The van der Waals surface area contributed by atoms with Crippen LogP contribution in [-0.2, 0) is 15.1 Å². The van der Waals surface area contributed by atoms with Crippen LogP contribution in [0.4, 0.5) is 4.79 Å². The van der Waals surface area contributed by atoms with Gasteiger partial charge in [0.2, 0.25) is 5.91 Å². The number of carbonyl (C=O) groups excluding carboxylic acids is 3. The molecule has 2 fully saturated rings. The molecule has 0 bridgehead atoms. The number of piperidine rings is 1. The molecule has 128 valence electrons. The standard InChI is InChI=1S/C17H22N4O3/c1-12-6-5-9-20(10-12)14(22)11-21-15(23)17(2,19-16(21)24)13-7-3-4-8-18-13/h3-4,7-8,12H,5-6,9-11H2,1-2H3,(H,19,24)/t12-,17-/m0/s1. The number of urea groups is 1. The lowest BCUT2D eigenvalue weighted by Crippen LogP contribution is -2.47. The van der Waals surface area contributed by atoms with Gasteiger partial charge in [0, 0.05) is 19.3 Å². The van der Waals surface area contributed by atoms with E-state index >= 15 is 0 Å². The Hall–Kier alpha value is -2.44. The van der Waals surface area contributed by atoms with Crippen LogP contribution in [-0.4, -0.2) is 52.3 Å². The molecule has 3 rings (SSSR count). The highest BCUT2D eigenvalue weighted by Gasteiger charge is 2.50. The van der Waals surface area contributed by atoms with Gasteiger partial charge in [0.25, 0.3) is 5.91 Å². The summed E-state index contributed by atoms with van der Waals surface area (Å²) in [6.45, 7) is 4.86. The summed E-state index contributed by atoms with van der Waals surface area (Å²) >= 11 is 0. The number of imide groups is 1. The van der Waals surface area contributed by atoms with E-state index in [4.69, 9.17) is 0 Å². The van der Waals surface area contributed by atoms with Crippen LogP contribution < -0.4 is 5.32 Å². The topological polar surface area (TPSA) is 82.6 Å². The maximum atomic E-state index is 12.8. The fourth-order valence-electron chi connectivity index (χ4n) is 3.32. The lowest BCUT2D eigenvalue weighted by molar-refractivity contribution is -0.139. The molecule has 0 aliphatic carbocycles. The van der Waals surface area contributed by atoms with E-state index in [0.29, 0.717) is 24.7 Å². The normalized spacial score (nSPS) is 27.3. The average Bonchev–Trinajstić information content (AvgIpc) is 2.80. The quantitative estimate of drug-likeness (QED) is 0.842. The molecule has 7 nitrogen and oxygen atoms in total. The minimum absolute atomic E-state index is 0.185.